The predicted molar refractivity (Wildman–Crippen MR) is 110 cm³/mol. The lowest BCUT2D eigenvalue weighted by Gasteiger charge is -2.32. The van der Waals surface area contributed by atoms with Crippen LogP contribution in [0.15, 0.2) is 18.2 Å². The van der Waals surface area contributed by atoms with Crippen molar-refractivity contribution in [3.63, 3.8) is 0 Å². The lowest BCUT2D eigenvalue weighted by molar-refractivity contribution is -0.125. The Hall–Kier alpha value is -2.03. The van der Waals surface area contributed by atoms with E-state index in [1.165, 1.54) is 0 Å². The molecule has 2 aliphatic rings. The summed E-state index contributed by atoms with van der Waals surface area (Å²) in [4.78, 5) is 26.4. The Morgan fingerprint density at radius 3 is 2.66 bits per heavy atom. The van der Waals surface area contributed by atoms with Gasteiger partial charge in [0.15, 0.2) is 0 Å². The Labute approximate surface area is 176 Å². The van der Waals surface area contributed by atoms with Crippen molar-refractivity contribution in [1.29, 1.82) is 0 Å². The second-order valence-electron chi connectivity index (χ2n) is 7.20. The van der Waals surface area contributed by atoms with Crippen LogP contribution in [-0.2, 0) is 9.53 Å². The molecule has 160 valence electrons. The minimum Gasteiger partial charge on any atom is -0.492 e. The van der Waals surface area contributed by atoms with Crippen LogP contribution in [0.3, 0.4) is 0 Å². The summed E-state index contributed by atoms with van der Waals surface area (Å²) in [5.74, 6) is 0.373. The highest BCUT2D eigenvalue weighted by Gasteiger charge is 2.36. The Balaban J connectivity index is 1.57. The molecule has 0 spiro atoms. The lowest BCUT2D eigenvalue weighted by Crippen LogP contribution is -2.48. The van der Waals surface area contributed by atoms with Gasteiger partial charge in [-0.1, -0.05) is 17.7 Å². The molecule has 0 aromatic heterocycles. The number of likely N-dealkylation sites (tertiary alicyclic amines) is 1. The highest BCUT2D eigenvalue weighted by molar-refractivity contribution is 6.32. The van der Waals surface area contributed by atoms with Crippen molar-refractivity contribution < 1.29 is 19.1 Å². The van der Waals surface area contributed by atoms with E-state index in [2.05, 4.69) is 16.2 Å². The Morgan fingerprint density at radius 1 is 1.24 bits per heavy atom. The van der Waals surface area contributed by atoms with Gasteiger partial charge in [-0.25, -0.2) is 10.2 Å². The summed E-state index contributed by atoms with van der Waals surface area (Å²) in [6.07, 6.45) is 1.16. The summed E-state index contributed by atoms with van der Waals surface area (Å²) in [5.41, 5.74) is 7.19. The smallest absolute Gasteiger partial charge is 0.409 e. The molecule has 0 radical (unpaired) electrons. The van der Waals surface area contributed by atoms with Gasteiger partial charge in [0, 0.05) is 25.7 Å². The van der Waals surface area contributed by atoms with E-state index >= 15 is 0 Å². The number of rotatable bonds is 6. The summed E-state index contributed by atoms with van der Waals surface area (Å²) in [5, 5.41) is 3.67. The van der Waals surface area contributed by atoms with Crippen LogP contribution in [0.5, 0.6) is 5.75 Å². The molecule has 2 heterocycles. The van der Waals surface area contributed by atoms with Gasteiger partial charge < -0.3 is 19.7 Å². The Bertz CT molecular complexity index is 724. The first-order chi connectivity index (χ1) is 14.0. The molecule has 2 atom stereocenters. The predicted octanol–water partition coefficient (Wildman–Crippen LogP) is 2.24. The van der Waals surface area contributed by atoms with Crippen molar-refractivity contribution in [1.82, 2.24) is 21.1 Å². The zero-order valence-corrected chi connectivity index (χ0v) is 17.6. The standard InChI is InChI=1S/C20H29ClN4O4/c1-3-28-17-6-5-13(11-16(17)21)18-15(12-22-24-18)19(26)23-14-7-9-25(10-8-14)20(27)29-4-2/h5-6,11,14-15,18,22,24H,3-4,7-10,12H2,1-2H3,(H,23,26). The molecule has 9 heteroatoms. The molecule has 2 saturated heterocycles. The lowest BCUT2D eigenvalue weighted by atomic mass is 9.93. The van der Waals surface area contributed by atoms with Crippen molar-refractivity contribution in [2.45, 2.75) is 38.8 Å². The Kier molecular flexibility index (Phi) is 7.57. The fourth-order valence-corrected chi connectivity index (χ4v) is 4.01. The molecule has 3 N–H and O–H groups in total. The normalized spacial score (nSPS) is 22.4. The number of hydrogen-bond donors (Lipinski definition) is 3. The fraction of sp³-hybridized carbons (Fsp3) is 0.600. The molecule has 29 heavy (non-hydrogen) atoms. The van der Waals surface area contributed by atoms with Crippen LogP contribution in [0.1, 0.15) is 38.3 Å². The monoisotopic (exact) mass is 424 g/mol. The number of carbonyl (C=O) groups is 2. The number of hydrogen-bond acceptors (Lipinski definition) is 6. The summed E-state index contributed by atoms with van der Waals surface area (Å²) < 4.78 is 10.5. The van der Waals surface area contributed by atoms with Crippen molar-refractivity contribution in [2.75, 3.05) is 32.8 Å². The van der Waals surface area contributed by atoms with Crippen LogP contribution < -0.4 is 20.9 Å². The van der Waals surface area contributed by atoms with E-state index in [-0.39, 0.29) is 30.0 Å². The van der Waals surface area contributed by atoms with E-state index in [0.717, 1.165) is 18.4 Å². The maximum absolute atomic E-state index is 12.9. The average Bonchev–Trinajstić information content (AvgIpc) is 3.20. The zero-order valence-electron chi connectivity index (χ0n) is 16.9. The molecule has 2 amide bonds. The van der Waals surface area contributed by atoms with Gasteiger partial charge in [-0.2, -0.15) is 0 Å². The number of halogens is 1. The van der Waals surface area contributed by atoms with Gasteiger partial charge in [0.2, 0.25) is 5.91 Å². The molecular weight excluding hydrogens is 396 g/mol. The van der Waals surface area contributed by atoms with E-state index in [9.17, 15) is 9.59 Å². The van der Waals surface area contributed by atoms with E-state index in [4.69, 9.17) is 21.1 Å². The van der Waals surface area contributed by atoms with E-state index in [1.807, 2.05) is 25.1 Å². The highest BCUT2D eigenvalue weighted by Crippen LogP contribution is 2.32. The minimum atomic E-state index is -0.283. The van der Waals surface area contributed by atoms with Crippen LogP contribution in [0.4, 0.5) is 4.79 Å². The molecule has 1 aromatic rings. The maximum Gasteiger partial charge on any atom is 0.409 e. The van der Waals surface area contributed by atoms with Crippen LogP contribution in [0.25, 0.3) is 0 Å². The molecule has 2 aliphatic heterocycles. The number of nitrogens with zero attached hydrogens (tertiary/aromatic N) is 1. The zero-order chi connectivity index (χ0) is 20.8. The number of nitrogens with one attached hydrogen (secondary N) is 3. The average molecular weight is 425 g/mol. The number of hydrazine groups is 1. The second kappa shape index (κ2) is 10.1. The van der Waals surface area contributed by atoms with E-state index < -0.39 is 0 Å². The first-order valence-electron chi connectivity index (χ1n) is 10.2. The van der Waals surface area contributed by atoms with Crippen molar-refractivity contribution in [3.05, 3.63) is 28.8 Å². The summed E-state index contributed by atoms with van der Waals surface area (Å²) in [7, 11) is 0. The van der Waals surface area contributed by atoms with Crippen molar-refractivity contribution in [3.8, 4) is 5.75 Å². The number of benzene rings is 1. The van der Waals surface area contributed by atoms with Gasteiger partial charge in [-0.15, -0.1) is 0 Å². The van der Waals surface area contributed by atoms with E-state index in [0.29, 0.717) is 43.6 Å². The number of ether oxygens (including phenoxy) is 2. The molecule has 0 saturated carbocycles. The largest absolute Gasteiger partial charge is 0.492 e. The third-order valence-electron chi connectivity index (χ3n) is 5.30. The molecule has 3 rings (SSSR count). The van der Waals surface area contributed by atoms with Crippen molar-refractivity contribution in [2.24, 2.45) is 5.92 Å². The van der Waals surface area contributed by atoms with Crippen LogP contribution >= 0.6 is 11.6 Å². The maximum atomic E-state index is 12.9. The first-order valence-corrected chi connectivity index (χ1v) is 10.5. The van der Waals surface area contributed by atoms with Gasteiger partial charge in [0.25, 0.3) is 0 Å². The Morgan fingerprint density at radius 2 is 2.00 bits per heavy atom. The number of piperidine rings is 1. The van der Waals surface area contributed by atoms with Gasteiger partial charge in [-0.05, 0) is 44.4 Å². The third-order valence-corrected chi connectivity index (χ3v) is 5.60. The SMILES string of the molecule is CCOC(=O)N1CCC(NC(=O)C2CNNC2c2ccc(OCC)c(Cl)c2)CC1. The second-order valence-corrected chi connectivity index (χ2v) is 7.61. The molecular formula is C20H29ClN4O4. The van der Waals surface area contributed by atoms with Gasteiger partial charge in [-0.3, -0.25) is 10.2 Å². The summed E-state index contributed by atoms with van der Waals surface area (Å²) in [6, 6.07) is 5.48. The quantitative estimate of drug-likeness (QED) is 0.648. The molecule has 0 bridgehead atoms. The van der Waals surface area contributed by atoms with Gasteiger partial charge >= 0.3 is 6.09 Å². The molecule has 0 aliphatic carbocycles. The minimum absolute atomic E-state index is 0.00732. The van der Waals surface area contributed by atoms with Crippen molar-refractivity contribution >= 4 is 23.6 Å². The van der Waals surface area contributed by atoms with Crippen LogP contribution in [-0.4, -0.2) is 55.8 Å². The van der Waals surface area contributed by atoms with Gasteiger partial charge in [0.05, 0.1) is 30.2 Å². The number of amides is 2. The summed E-state index contributed by atoms with van der Waals surface area (Å²) in [6.45, 7) is 6.32. The van der Waals surface area contributed by atoms with E-state index in [1.54, 1.807) is 11.8 Å². The topological polar surface area (TPSA) is 91.9 Å². The summed E-state index contributed by atoms with van der Waals surface area (Å²) >= 11 is 6.31. The molecule has 2 unspecified atom stereocenters. The number of carbonyl (C=O) groups excluding carboxylic acids is 2. The molecule has 8 nitrogen and oxygen atoms in total. The van der Waals surface area contributed by atoms with Crippen LogP contribution in [0.2, 0.25) is 5.02 Å². The highest BCUT2D eigenvalue weighted by atomic mass is 35.5. The van der Waals surface area contributed by atoms with Gasteiger partial charge in [0.1, 0.15) is 5.75 Å². The first kappa shape index (κ1) is 21.7. The third kappa shape index (κ3) is 5.32. The molecule has 1 aromatic carbocycles. The van der Waals surface area contributed by atoms with Crippen LogP contribution in [0, 0.1) is 5.92 Å². The fourth-order valence-electron chi connectivity index (χ4n) is 3.77. The molecule has 2 fully saturated rings.